The maximum absolute atomic E-state index is 13.0. The van der Waals surface area contributed by atoms with Crippen LogP contribution in [0, 0.1) is 5.82 Å². The molecule has 106 valence electrons. The molecule has 21 heavy (non-hydrogen) atoms. The van der Waals surface area contributed by atoms with Crippen LogP contribution in [0.4, 0.5) is 4.39 Å². The Balaban J connectivity index is 2.10. The zero-order valence-electron chi connectivity index (χ0n) is 10.6. The number of carbonyl (C=O) groups excluding carboxylic acids is 1. The van der Waals surface area contributed by atoms with Crippen molar-refractivity contribution in [2.75, 3.05) is 5.75 Å². The van der Waals surface area contributed by atoms with Gasteiger partial charge in [-0.2, -0.15) is 0 Å². The van der Waals surface area contributed by atoms with Crippen molar-refractivity contribution in [3.05, 3.63) is 41.8 Å². The number of thiophene rings is 1. The summed E-state index contributed by atoms with van der Waals surface area (Å²) in [4.78, 5) is 19.7. The number of rotatable bonds is 4. The van der Waals surface area contributed by atoms with Gasteiger partial charge in [-0.05, 0) is 17.7 Å². The van der Waals surface area contributed by atoms with Crippen molar-refractivity contribution in [1.82, 2.24) is 9.97 Å². The van der Waals surface area contributed by atoms with E-state index in [9.17, 15) is 14.3 Å². The van der Waals surface area contributed by atoms with Crippen molar-refractivity contribution in [3.63, 3.8) is 0 Å². The average Bonchev–Trinajstić information content (AvgIpc) is 2.90. The second-order valence-corrected chi connectivity index (χ2v) is 6.00. The standard InChI is InChI=1S/C14H9FN2O2S2/c15-9-3-1-8(2-4-9)10-5-20-13-12(10)14(17-7-16-13)21-6-11(18)19/h1-5,7H,6H2,(H,18,19)/p-1. The number of halogens is 1. The number of aliphatic carboxylic acids is 1. The van der Waals surface area contributed by atoms with Crippen LogP contribution in [0.15, 0.2) is 41.0 Å². The van der Waals surface area contributed by atoms with Crippen LogP contribution in [-0.4, -0.2) is 21.7 Å². The molecule has 0 N–H and O–H groups in total. The van der Waals surface area contributed by atoms with E-state index in [1.165, 1.54) is 29.8 Å². The second kappa shape index (κ2) is 5.79. The van der Waals surface area contributed by atoms with E-state index in [0.29, 0.717) is 5.03 Å². The van der Waals surface area contributed by atoms with Crippen LogP contribution in [0.2, 0.25) is 0 Å². The molecule has 0 aliphatic carbocycles. The van der Waals surface area contributed by atoms with Crippen molar-refractivity contribution in [3.8, 4) is 11.1 Å². The van der Waals surface area contributed by atoms with Crippen LogP contribution in [0.25, 0.3) is 21.3 Å². The fourth-order valence-corrected chi connectivity index (χ4v) is 3.63. The Morgan fingerprint density at radius 2 is 2.05 bits per heavy atom. The number of hydrogen-bond donors (Lipinski definition) is 0. The summed E-state index contributed by atoms with van der Waals surface area (Å²) in [5, 5.41) is 13.9. The van der Waals surface area contributed by atoms with Crippen molar-refractivity contribution in [1.29, 1.82) is 0 Å². The van der Waals surface area contributed by atoms with Crippen LogP contribution >= 0.6 is 23.1 Å². The first-order chi connectivity index (χ1) is 10.1. The van der Waals surface area contributed by atoms with E-state index in [1.807, 2.05) is 5.38 Å². The molecule has 1 aromatic carbocycles. The molecule has 0 saturated carbocycles. The zero-order chi connectivity index (χ0) is 14.8. The highest BCUT2D eigenvalue weighted by Gasteiger charge is 2.13. The highest BCUT2D eigenvalue weighted by atomic mass is 32.2. The summed E-state index contributed by atoms with van der Waals surface area (Å²) >= 11 is 2.53. The summed E-state index contributed by atoms with van der Waals surface area (Å²) in [7, 11) is 0. The third-order valence-corrected chi connectivity index (χ3v) is 4.67. The number of carboxylic acids is 1. The van der Waals surface area contributed by atoms with E-state index in [1.54, 1.807) is 12.1 Å². The van der Waals surface area contributed by atoms with E-state index in [-0.39, 0.29) is 11.6 Å². The van der Waals surface area contributed by atoms with Crippen LogP contribution in [-0.2, 0) is 4.79 Å². The Hall–Kier alpha value is -1.99. The molecule has 0 radical (unpaired) electrons. The van der Waals surface area contributed by atoms with Gasteiger partial charge >= 0.3 is 0 Å². The number of thioether (sulfide) groups is 1. The van der Waals surface area contributed by atoms with E-state index < -0.39 is 5.97 Å². The highest BCUT2D eigenvalue weighted by Crippen LogP contribution is 2.37. The number of nitrogens with zero attached hydrogens (tertiary/aromatic N) is 2. The Kier molecular flexibility index (Phi) is 3.85. The monoisotopic (exact) mass is 319 g/mol. The maximum Gasteiger partial charge on any atom is 0.128 e. The number of carboxylic acid groups (broad SMARTS) is 1. The van der Waals surface area contributed by atoms with Gasteiger partial charge < -0.3 is 9.90 Å². The van der Waals surface area contributed by atoms with Gasteiger partial charge in [0.25, 0.3) is 0 Å². The molecule has 7 heteroatoms. The van der Waals surface area contributed by atoms with Crippen molar-refractivity contribution in [2.45, 2.75) is 5.03 Å². The molecule has 0 fully saturated rings. The highest BCUT2D eigenvalue weighted by molar-refractivity contribution is 8.00. The van der Waals surface area contributed by atoms with Crippen LogP contribution in [0.5, 0.6) is 0 Å². The van der Waals surface area contributed by atoms with Crippen molar-refractivity contribution < 1.29 is 14.3 Å². The molecule has 4 nitrogen and oxygen atoms in total. The first-order valence-electron chi connectivity index (χ1n) is 5.96. The zero-order valence-corrected chi connectivity index (χ0v) is 12.2. The molecule has 0 bridgehead atoms. The van der Waals surface area contributed by atoms with Crippen LogP contribution in [0.1, 0.15) is 0 Å². The largest absolute Gasteiger partial charge is 0.549 e. The van der Waals surface area contributed by atoms with Crippen LogP contribution < -0.4 is 5.11 Å². The molecule has 2 aromatic heterocycles. The van der Waals surface area contributed by atoms with Crippen molar-refractivity contribution in [2.24, 2.45) is 0 Å². The maximum atomic E-state index is 13.0. The summed E-state index contributed by atoms with van der Waals surface area (Å²) < 4.78 is 13.0. The van der Waals surface area contributed by atoms with Crippen LogP contribution in [0.3, 0.4) is 0 Å². The smallest absolute Gasteiger partial charge is 0.128 e. The summed E-state index contributed by atoms with van der Waals surface area (Å²) in [5.41, 5.74) is 1.71. The molecule has 0 unspecified atom stereocenters. The minimum Gasteiger partial charge on any atom is -0.549 e. The Morgan fingerprint density at radius 1 is 1.29 bits per heavy atom. The molecule has 0 spiro atoms. The molecule has 2 heterocycles. The summed E-state index contributed by atoms with van der Waals surface area (Å²) in [5.74, 6) is -1.63. The topological polar surface area (TPSA) is 65.9 Å². The van der Waals surface area contributed by atoms with E-state index in [4.69, 9.17) is 0 Å². The lowest BCUT2D eigenvalue weighted by Crippen LogP contribution is -2.24. The molecule has 3 rings (SSSR count). The molecule has 3 aromatic rings. The van der Waals surface area contributed by atoms with Gasteiger partial charge in [0.1, 0.15) is 22.0 Å². The van der Waals surface area contributed by atoms with E-state index in [0.717, 1.165) is 33.1 Å². The second-order valence-electron chi connectivity index (χ2n) is 4.18. The lowest BCUT2D eigenvalue weighted by atomic mass is 10.1. The fraction of sp³-hybridized carbons (Fsp3) is 0.0714. The summed E-state index contributed by atoms with van der Waals surface area (Å²) in [6.45, 7) is 0. The third-order valence-electron chi connectivity index (χ3n) is 2.82. The average molecular weight is 319 g/mol. The SMILES string of the molecule is O=C([O-])CSc1ncnc2scc(-c3ccc(F)cc3)c12. The first kappa shape index (κ1) is 14.0. The predicted octanol–water partition coefficient (Wildman–Crippen LogP) is 2.34. The number of fused-ring (bicyclic) bond motifs is 1. The van der Waals surface area contributed by atoms with Gasteiger partial charge in [0.2, 0.25) is 0 Å². The molecular formula is C14H8FN2O2S2-. The van der Waals surface area contributed by atoms with Gasteiger partial charge in [-0.1, -0.05) is 23.9 Å². The molecule has 0 saturated heterocycles. The molecular weight excluding hydrogens is 311 g/mol. The number of aromatic nitrogens is 2. The Labute approximate surface area is 127 Å². The van der Waals surface area contributed by atoms with E-state index >= 15 is 0 Å². The number of benzene rings is 1. The number of carbonyl (C=O) groups is 1. The first-order valence-corrected chi connectivity index (χ1v) is 7.82. The van der Waals surface area contributed by atoms with E-state index in [2.05, 4.69) is 9.97 Å². The summed E-state index contributed by atoms with van der Waals surface area (Å²) in [6, 6.07) is 6.13. The summed E-state index contributed by atoms with van der Waals surface area (Å²) in [6.07, 6.45) is 1.41. The van der Waals surface area contributed by atoms with Gasteiger partial charge in [-0.25, -0.2) is 14.4 Å². The van der Waals surface area contributed by atoms with Gasteiger partial charge in [-0.15, -0.1) is 11.3 Å². The fourth-order valence-electron chi connectivity index (χ4n) is 1.93. The lowest BCUT2D eigenvalue weighted by Gasteiger charge is -2.05. The normalized spacial score (nSPS) is 10.9. The quantitative estimate of drug-likeness (QED) is 0.545. The Bertz CT molecular complexity index is 802. The van der Waals surface area contributed by atoms with Gasteiger partial charge in [0.15, 0.2) is 0 Å². The molecule has 0 aliphatic heterocycles. The van der Waals surface area contributed by atoms with Gasteiger partial charge in [-0.3, -0.25) is 0 Å². The van der Waals surface area contributed by atoms with Gasteiger partial charge in [0, 0.05) is 16.7 Å². The minimum absolute atomic E-state index is 0.176. The molecule has 0 amide bonds. The molecule has 0 aliphatic rings. The molecule has 0 atom stereocenters. The number of hydrogen-bond acceptors (Lipinski definition) is 6. The predicted molar refractivity (Wildman–Crippen MR) is 78.5 cm³/mol. The van der Waals surface area contributed by atoms with Gasteiger partial charge in [0.05, 0.1) is 11.4 Å². The Morgan fingerprint density at radius 3 is 2.76 bits per heavy atom. The lowest BCUT2D eigenvalue weighted by molar-refractivity contribution is -0.301. The minimum atomic E-state index is -1.15. The third kappa shape index (κ3) is 2.88. The van der Waals surface area contributed by atoms with Crippen molar-refractivity contribution >= 4 is 39.3 Å².